The van der Waals surface area contributed by atoms with E-state index in [4.69, 9.17) is 14.5 Å². The highest BCUT2D eigenvalue weighted by atomic mass is 32.1. The summed E-state index contributed by atoms with van der Waals surface area (Å²) < 4.78 is 10.6. The van der Waals surface area contributed by atoms with Crippen molar-refractivity contribution in [1.29, 1.82) is 0 Å². The van der Waals surface area contributed by atoms with Crippen molar-refractivity contribution in [3.05, 3.63) is 28.8 Å². The second-order valence-corrected chi connectivity index (χ2v) is 8.92. The molecule has 166 valence electrons. The lowest BCUT2D eigenvalue weighted by atomic mass is 9.90. The third-order valence-electron chi connectivity index (χ3n) is 5.96. The van der Waals surface area contributed by atoms with Gasteiger partial charge < -0.3 is 24.6 Å². The fourth-order valence-electron chi connectivity index (χ4n) is 4.07. The third kappa shape index (κ3) is 4.61. The number of nitrogens with zero attached hydrogens (tertiary/aromatic N) is 3. The van der Waals surface area contributed by atoms with E-state index in [1.807, 2.05) is 4.90 Å². The number of carbonyl (C=O) groups is 2. The number of ether oxygens (including phenoxy) is 2. The summed E-state index contributed by atoms with van der Waals surface area (Å²) in [6.45, 7) is 4.67. The molecule has 2 aliphatic rings. The summed E-state index contributed by atoms with van der Waals surface area (Å²) >= 11 is 1.68. The Hall–Kier alpha value is -2.81. The maximum Gasteiger partial charge on any atom is 0.227 e. The second-order valence-electron chi connectivity index (χ2n) is 7.85. The maximum atomic E-state index is 12.9. The molecule has 0 radical (unpaired) electrons. The van der Waals surface area contributed by atoms with Crippen LogP contribution in [0.3, 0.4) is 0 Å². The Bertz CT molecular complexity index is 968. The largest absolute Gasteiger partial charge is 0.497 e. The van der Waals surface area contributed by atoms with Gasteiger partial charge in [0.2, 0.25) is 11.8 Å². The number of methoxy groups -OCH3 is 2. The van der Waals surface area contributed by atoms with Gasteiger partial charge in [0.1, 0.15) is 11.5 Å². The first-order valence-corrected chi connectivity index (χ1v) is 11.3. The minimum absolute atomic E-state index is 0.000797. The number of carbonyl (C=O) groups excluding carboxylic acids is 2. The second kappa shape index (κ2) is 9.13. The first-order chi connectivity index (χ1) is 15.0. The molecular weight excluding hydrogens is 416 g/mol. The van der Waals surface area contributed by atoms with Gasteiger partial charge in [-0.05, 0) is 31.4 Å². The zero-order valence-corrected chi connectivity index (χ0v) is 19.0. The molecule has 2 heterocycles. The van der Waals surface area contributed by atoms with Crippen LogP contribution in [0.1, 0.15) is 23.9 Å². The lowest BCUT2D eigenvalue weighted by Crippen LogP contribution is -2.48. The van der Waals surface area contributed by atoms with Gasteiger partial charge in [0.15, 0.2) is 5.13 Å². The number of hydrogen-bond acceptors (Lipinski definition) is 7. The van der Waals surface area contributed by atoms with Crippen LogP contribution in [-0.2, 0) is 22.4 Å². The van der Waals surface area contributed by atoms with E-state index in [0.717, 1.165) is 49.8 Å². The molecule has 1 aromatic heterocycles. The number of aromatic nitrogens is 1. The highest BCUT2D eigenvalue weighted by Crippen LogP contribution is 2.36. The van der Waals surface area contributed by atoms with E-state index in [-0.39, 0.29) is 17.7 Å². The van der Waals surface area contributed by atoms with Gasteiger partial charge in [-0.3, -0.25) is 9.59 Å². The Morgan fingerprint density at radius 1 is 1.16 bits per heavy atom. The Labute approximate surface area is 186 Å². The molecule has 0 bridgehead atoms. The van der Waals surface area contributed by atoms with Crippen molar-refractivity contribution in [1.82, 2.24) is 9.88 Å². The molecular formula is C22H28N4O4S. The number of piperazine rings is 1. The molecule has 1 atom stereocenters. The monoisotopic (exact) mass is 444 g/mol. The Morgan fingerprint density at radius 3 is 2.61 bits per heavy atom. The predicted octanol–water partition coefficient (Wildman–Crippen LogP) is 2.57. The van der Waals surface area contributed by atoms with Crippen molar-refractivity contribution in [2.24, 2.45) is 5.92 Å². The van der Waals surface area contributed by atoms with Crippen LogP contribution in [0.15, 0.2) is 18.2 Å². The van der Waals surface area contributed by atoms with E-state index >= 15 is 0 Å². The average Bonchev–Trinajstić information content (AvgIpc) is 3.22. The first kappa shape index (κ1) is 21.4. The smallest absolute Gasteiger partial charge is 0.227 e. The highest BCUT2D eigenvalue weighted by Gasteiger charge is 2.30. The number of anilines is 2. The molecule has 1 saturated heterocycles. The van der Waals surface area contributed by atoms with Gasteiger partial charge in [-0.25, -0.2) is 4.98 Å². The molecule has 1 aliphatic carbocycles. The van der Waals surface area contributed by atoms with E-state index < -0.39 is 0 Å². The summed E-state index contributed by atoms with van der Waals surface area (Å²) in [6.07, 6.45) is 2.28. The van der Waals surface area contributed by atoms with Crippen molar-refractivity contribution in [3.8, 4) is 11.5 Å². The minimum atomic E-state index is -0.0952. The standard InChI is InChI=1S/C22H28N4O4S/c1-14(27)25-8-10-26(11-9-25)22-24-18-6-4-15(12-20(18)31-22)21(28)23-17-7-5-16(29-2)13-19(17)30-3/h5,7,13,15H,4,6,8-12H2,1-3H3,(H,23,28)/t15-/m1/s1. The van der Waals surface area contributed by atoms with Gasteiger partial charge in [0.05, 0.1) is 25.6 Å². The molecule has 1 aliphatic heterocycles. The number of rotatable bonds is 5. The molecule has 2 amide bonds. The van der Waals surface area contributed by atoms with Crippen molar-refractivity contribution in [2.75, 3.05) is 50.6 Å². The van der Waals surface area contributed by atoms with Crippen LogP contribution in [0.4, 0.5) is 10.8 Å². The van der Waals surface area contributed by atoms with Crippen molar-refractivity contribution >= 4 is 34.0 Å². The molecule has 0 unspecified atom stereocenters. The van der Waals surface area contributed by atoms with Crippen molar-refractivity contribution in [2.45, 2.75) is 26.2 Å². The fourth-order valence-corrected chi connectivity index (χ4v) is 5.31. The van der Waals surface area contributed by atoms with Gasteiger partial charge in [-0.2, -0.15) is 0 Å². The quantitative estimate of drug-likeness (QED) is 0.763. The number of aryl methyl sites for hydroxylation is 1. The summed E-state index contributed by atoms with van der Waals surface area (Å²) in [4.78, 5) is 34.7. The van der Waals surface area contributed by atoms with Crippen LogP contribution in [0, 0.1) is 5.92 Å². The number of nitrogens with one attached hydrogen (secondary N) is 1. The molecule has 0 spiro atoms. The molecule has 0 saturated carbocycles. The van der Waals surface area contributed by atoms with Crippen LogP contribution < -0.4 is 19.7 Å². The van der Waals surface area contributed by atoms with Crippen LogP contribution in [-0.4, -0.2) is 62.1 Å². The van der Waals surface area contributed by atoms with Crippen LogP contribution >= 0.6 is 11.3 Å². The lowest BCUT2D eigenvalue weighted by molar-refractivity contribution is -0.129. The summed E-state index contributed by atoms with van der Waals surface area (Å²) in [5, 5.41) is 4.02. The number of fused-ring (bicyclic) bond motifs is 1. The van der Waals surface area contributed by atoms with Crippen molar-refractivity contribution < 1.29 is 19.1 Å². The van der Waals surface area contributed by atoms with E-state index in [9.17, 15) is 9.59 Å². The van der Waals surface area contributed by atoms with E-state index in [2.05, 4.69) is 10.2 Å². The predicted molar refractivity (Wildman–Crippen MR) is 120 cm³/mol. The number of amides is 2. The Kier molecular flexibility index (Phi) is 6.31. The summed E-state index contributed by atoms with van der Waals surface area (Å²) in [5.41, 5.74) is 1.76. The zero-order valence-electron chi connectivity index (χ0n) is 18.1. The van der Waals surface area contributed by atoms with Crippen LogP contribution in [0.25, 0.3) is 0 Å². The van der Waals surface area contributed by atoms with Crippen molar-refractivity contribution in [3.63, 3.8) is 0 Å². The molecule has 8 nitrogen and oxygen atoms in total. The fraction of sp³-hybridized carbons (Fsp3) is 0.500. The van der Waals surface area contributed by atoms with Crippen LogP contribution in [0.2, 0.25) is 0 Å². The van der Waals surface area contributed by atoms with E-state index in [1.165, 1.54) is 4.88 Å². The number of thiazole rings is 1. The van der Waals surface area contributed by atoms with Gasteiger partial charge in [0.25, 0.3) is 0 Å². The van der Waals surface area contributed by atoms with Gasteiger partial charge in [-0.1, -0.05) is 0 Å². The van der Waals surface area contributed by atoms with E-state index in [1.54, 1.807) is 50.7 Å². The molecule has 2 aromatic rings. The lowest BCUT2D eigenvalue weighted by Gasteiger charge is -2.33. The molecule has 31 heavy (non-hydrogen) atoms. The maximum absolute atomic E-state index is 12.9. The third-order valence-corrected chi connectivity index (χ3v) is 7.14. The normalized spacial score (nSPS) is 18.4. The van der Waals surface area contributed by atoms with E-state index in [0.29, 0.717) is 23.6 Å². The average molecular weight is 445 g/mol. The molecule has 1 N–H and O–H groups in total. The summed E-state index contributed by atoms with van der Waals surface area (Å²) in [5.74, 6) is 1.29. The van der Waals surface area contributed by atoms with Crippen LogP contribution in [0.5, 0.6) is 11.5 Å². The highest BCUT2D eigenvalue weighted by molar-refractivity contribution is 7.15. The summed E-state index contributed by atoms with van der Waals surface area (Å²) in [6, 6.07) is 5.36. The topological polar surface area (TPSA) is 84.0 Å². The Balaban J connectivity index is 1.40. The van der Waals surface area contributed by atoms with Gasteiger partial charge in [-0.15, -0.1) is 11.3 Å². The van der Waals surface area contributed by atoms with Gasteiger partial charge >= 0.3 is 0 Å². The minimum Gasteiger partial charge on any atom is -0.497 e. The molecule has 4 rings (SSSR count). The molecule has 9 heteroatoms. The number of benzene rings is 1. The Morgan fingerprint density at radius 2 is 1.94 bits per heavy atom. The summed E-state index contributed by atoms with van der Waals surface area (Å²) in [7, 11) is 3.17. The number of hydrogen-bond donors (Lipinski definition) is 1. The molecule has 1 aromatic carbocycles. The van der Waals surface area contributed by atoms with Gasteiger partial charge in [0, 0.05) is 50.0 Å². The SMILES string of the molecule is COc1ccc(NC(=O)[C@@H]2CCc3nc(N4CCN(C(C)=O)CC4)sc3C2)c(OC)c1. The zero-order chi connectivity index (χ0) is 22.0. The first-order valence-electron chi connectivity index (χ1n) is 10.5. The molecule has 1 fully saturated rings.